The summed E-state index contributed by atoms with van der Waals surface area (Å²) < 4.78 is 2.28. The minimum absolute atomic E-state index is 0.281. The van der Waals surface area contributed by atoms with Gasteiger partial charge >= 0.3 is 0 Å². The van der Waals surface area contributed by atoms with Crippen molar-refractivity contribution in [2.45, 2.75) is 31.6 Å². The highest BCUT2D eigenvalue weighted by Gasteiger charge is 2.25. The van der Waals surface area contributed by atoms with Crippen molar-refractivity contribution in [1.29, 1.82) is 0 Å². The van der Waals surface area contributed by atoms with Crippen LogP contribution in [0.2, 0.25) is 0 Å². The Bertz CT molecular complexity index is 574. The third-order valence-corrected chi connectivity index (χ3v) is 5.58. The van der Waals surface area contributed by atoms with Gasteiger partial charge in [-0.3, -0.25) is 0 Å². The van der Waals surface area contributed by atoms with Crippen molar-refractivity contribution in [3.63, 3.8) is 0 Å². The Morgan fingerprint density at radius 2 is 1.88 bits per heavy atom. The number of aromatic nitrogens is 2. The Morgan fingerprint density at radius 1 is 1.18 bits per heavy atom. The van der Waals surface area contributed by atoms with Gasteiger partial charge in [-0.2, -0.15) is 4.98 Å². The van der Waals surface area contributed by atoms with E-state index in [2.05, 4.69) is 32.6 Å². The second-order valence-corrected chi connectivity index (χ2v) is 7.25. The molecule has 2 heterocycles. The lowest BCUT2D eigenvalue weighted by Gasteiger charge is -2.08. The van der Waals surface area contributed by atoms with Crippen molar-refractivity contribution >= 4 is 55.9 Å². The SMILES string of the molecule is Nc1nc(N)c2sc(I)c(C3CCCC3)c2n1. The maximum absolute atomic E-state index is 5.91. The number of nitrogens with zero attached hydrogens (tertiary/aromatic N) is 2. The van der Waals surface area contributed by atoms with Gasteiger partial charge in [-0.15, -0.1) is 11.3 Å². The monoisotopic (exact) mass is 360 g/mol. The van der Waals surface area contributed by atoms with Gasteiger partial charge < -0.3 is 11.5 Å². The van der Waals surface area contributed by atoms with Crippen LogP contribution in [0.5, 0.6) is 0 Å². The second kappa shape index (κ2) is 4.24. The Hall–Kier alpha value is -0.630. The summed E-state index contributed by atoms with van der Waals surface area (Å²) in [4.78, 5) is 8.43. The smallest absolute Gasteiger partial charge is 0.222 e. The van der Waals surface area contributed by atoms with Crippen LogP contribution in [0.25, 0.3) is 10.2 Å². The van der Waals surface area contributed by atoms with Gasteiger partial charge in [-0.25, -0.2) is 4.98 Å². The number of thiophene rings is 1. The van der Waals surface area contributed by atoms with Crippen molar-refractivity contribution < 1.29 is 0 Å². The lowest BCUT2D eigenvalue weighted by atomic mass is 10.00. The highest BCUT2D eigenvalue weighted by molar-refractivity contribution is 14.1. The molecule has 0 bridgehead atoms. The van der Waals surface area contributed by atoms with E-state index in [1.165, 1.54) is 34.1 Å². The van der Waals surface area contributed by atoms with Crippen LogP contribution in [0, 0.1) is 2.88 Å². The van der Waals surface area contributed by atoms with E-state index in [4.69, 9.17) is 11.5 Å². The van der Waals surface area contributed by atoms with E-state index >= 15 is 0 Å². The van der Waals surface area contributed by atoms with Crippen LogP contribution >= 0.6 is 33.9 Å². The zero-order valence-corrected chi connectivity index (χ0v) is 12.2. The lowest BCUT2D eigenvalue weighted by Crippen LogP contribution is -2.01. The van der Waals surface area contributed by atoms with Crippen molar-refractivity contribution in [1.82, 2.24) is 9.97 Å². The molecule has 0 radical (unpaired) electrons. The van der Waals surface area contributed by atoms with E-state index in [9.17, 15) is 0 Å². The molecule has 1 aliphatic rings. The van der Waals surface area contributed by atoms with E-state index in [0.717, 1.165) is 10.2 Å². The molecule has 2 aromatic heterocycles. The molecule has 1 fully saturated rings. The number of nitrogens with two attached hydrogens (primary N) is 2. The molecule has 90 valence electrons. The number of hydrogen-bond acceptors (Lipinski definition) is 5. The first kappa shape index (κ1) is 11.5. The van der Waals surface area contributed by atoms with Crippen LogP contribution in [0.1, 0.15) is 37.2 Å². The average Bonchev–Trinajstić information content (AvgIpc) is 2.84. The van der Waals surface area contributed by atoms with Gasteiger partial charge in [0.1, 0.15) is 5.82 Å². The van der Waals surface area contributed by atoms with E-state index in [1.54, 1.807) is 11.3 Å². The maximum atomic E-state index is 5.91. The molecule has 0 atom stereocenters. The summed E-state index contributed by atoms with van der Waals surface area (Å²) in [7, 11) is 0. The average molecular weight is 360 g/mol. The van der Waals surface area contributed by atoms with Crippen LogP contribution < -0.4 is 11.5 Å². The number of halogens is 1. The van der Waals surface area contributed by atoms with Crippen molar-refractivity contribution in [3.8, 4) is 0 Å². The second-order valence-electron chi connectivity index (χ2n) is 4.42. The van der Waals surface area contributed by atoms with Gasteiger partial charge in [0.25, 0.3) is 0 Å². The number of hydrogen-bond donors (Lipinski definition) is 2. The Kier molecular flexibility index (Phi) is 2.86. The zero-order chi connectivity index (χ0) is 12.0. The summed E-state index contributed by atoms with van der Waals surface area (Å²) in [5.41, 5.74) is 13.9. The molecule has 3 rings (SSSR count). The molecular weight excluding hydrogens is 347 g/mol. The predicted molar refractivity (Wildman–Crippen MR) is 80.2 cm³/mol. The molecule has 1 saturated carbocycles. The molecule has 0 unspecified atom stereocenters. The Labute approximate surface area is 117 Å². The molecule has 2 aromatic rings. The van der Waals surface area contributed by atoms with Gasteiger partial charge in [0.2, 0.25) is 5.95 Å². The minimum atomic E-state index is 0.281. The first-order valence-electron chi connectivity index (χ1n) is 5.67. The molecular formula is C11H13IN4S. The van der Waals surface area contributed by atoms with Gasteiger partial charge in [0.15, 0.2) is 0 Å². The predicted octanol–water partition coefficient (Wildman–Crippen LogP) is 3.12. The molecule has 0 aromatic carbocycles. The van der Waals surface area contributed by atoms with E-state index < -0.39 is 0 Å². The van der Waals surface area contributed by atoms with Crippen molar-refractivity contribution in [3.05, 3.63) is 8.45 Å². The summed E-state index contributed by atoms with van der Waals surface area (Å²) in [6, 6.07) is 0. The zero-order valence-electron chi connectivity index (χ0n) is 9.24. The van der Waals surface area contributed by atoms with E-state index in [-0.39, 0.29) is 5.95 Å². The molecule has 6 heteroatoms. The largest absolute Gasteiger partial charge is 0.382 e. The standard InChI is InChI=1S/C11H13IN4S/c12-9-6(5-3-1-2-4-5)7-8(17-9)10(13)16-11(14)15-7/h5H,1-4H2,(H4,13,14,15,16). The van der Waals surface area contributed by atoms with Crippen molar-refractivity contribution in [2.75, 3.05) is 11.5 Å². The van der Waals surface area contributed by atoms with Gasteiger partial charge in [0, 0.05) is 5.56 Å². The van der Waals surface area contributed by atoms with Gasteiger partial charge in [-0.05, 0) is 41.4 Å². The van der Waals surface area contributed by atoms with E-state index in [0.29, 0.717) is 11.7 Å². The van der Waals surface area contributed by atoms with Crippen LogP contribution in [0.15, 0.2) is 0 Å². The third-order valence-electron chi connectivity index (χ3n) is 3.33. The topological polar surface area (TPSA) is 77.8 Å². The minimum Gasteiger partial charge on any atom is -0.382 e. The number of rotatable bonds is 1. The number of fused-ring (bicyclic) bond motifs is 1. The molecule has 0 saturated heterocycles. The van der Waals surface area contributed by atoms with Crippen LogP contribution in [-0.2, 0) is 0 Å². The molecule has 4 N–H and O–H groups in total. The number of nitrogen functional groups attached to an aromatic ring is 2. The molecule has 0 spiro atoms. The lowest BCUT2D eigenvalue weighted by molar-refractivity contribution is 0.727. The Balaban J connectivity index is 2.25. The highest BCUT2D eigenvalue weighted by Crippen LogP contribution is 2.44. The fourth-order valence-electron chi connectivity index (χ4n) is 2.57. The van der Waals surface area contributed by atoms with Crippen molar-refractivity contribution in [2.24, 2.45) is 0 Å². The highest BCUT2D eigenvalue weighted by atomic mass is 127. The van der Waals surface area contributed by atoms with Gasteiger partial charge in [-0.1, -0.05) is 12.8 Å². The van der Waals surface area contributed by atoms with Crippen LogP contribution in [0.4, 0.5) is 11.8 Å². The fourth-order valence-corrected chi connectivity index (χ4v) is 4.89. The normalized spacial score (nSPS) is 17.0. The third kappa shape index (κ3) is 1.87. The molecule has 4 nitrogen and oxygen atoms in total. The molecule has 0 aliphatic heterocycles. The quantitative estimate of drug-likeness (QED) is 0.766. The first-order valence-corrected chi connectivity index (χ1v) is 7.57. The molecule has 1 aliphatic carbocycles. The number of anilines is 2. The summed E-state index contributed by atoms with van der Waals surface area (Å²) in [6.45, 7) is 0. The Morgan fingerprint density at radius 3 is 2.59 bits per heavy atom. The summed E-state index contributed by atoms with van der Waals surface area (Å²) in [5.74, 6) is 1.42. The summed E-state index contributed by atoms with van der Waals surface area (Å²) >= 11 is 4.07. The summed E-state index contributed by atoms with van der Waals surface area (Å²) in [6.07, 6.45) is 5.14. The fraction of sp³-hybridized carbons (Fsp3) is 0.455. The maximum Gasteiger partial charge on any atom is 0.222 e. The van der Waals surface area contributed by atoms with Crippen LogP contribution in [0.3, 0.4) is 0 Å². The summed E-state index contributed by atoms with van der Waals surface area (Å²) in [5, 5.41) is 0. The van der Waals surface area contributed by atoms with Crippen LogP contribution in [-0.4, -0.2) is 9.97 Å². The molecule has 0 amide bonds. The first-order chi connectivity index (χ1) is 8.16. The van der Waals surface area contributed by atoms with Gasteiger partial charge in [0.05, 0.1) is 13.1 Å². The van der Waals surface area contributed by atoms with E-state index in [1.807, 2.05) is 0 Å². The molecule has 17 heavy (non-hydrogen) atoms.